The van der Waals surface area contributed by atoms with Crippen LogP contribution in [-0.2, 0) is 9.59 Å². The van der Waals surface area contributed by atoms with Crippen molar-refractivity contribution in [2.75, 3.05) is 22.1 Å². The second-order valence-electron chi connectivity index (χ2n) is 6.60. The van der Waals surface area contributed by atoms with Gasteiger partial charge in [-0.05, 0) is 49.2 Å². The molecule has 0 radical (unpaired) electrons. The molecule has 30 heavy (non-hydrogen) atoms. The molecule has 0 saturated carbocycles. The summed E-state index contributed by atoms with van der Waals surface area (Å²) >= 11 is 2.92. The number of hydrogen-bond acceptors (Lipinski definition) is 8. The maximum absolute atomic E-state index is 12.1. The first kappa shape index (κ1) is 21.1. The summed E-state index contributed by atoms with van der Waals surface area (Å²) < 4.78 is 2.10. The number of hydrogen-bond donors (Lipinski definition) is 2. The van der Waals surface area contributed by atoms with Gasteiger partial charge in [-0.3, -0.25) is 9.59 Å². The van der Waals surface area contributed by atoms with Gasteiger partial charge in [0, 0.05) is 0 Å². The number of rotatable bonds is 7. The van der Waals surface area contributed by atoms with Crippen LogP contribution in [0.5, 0.6) is 0 Å². The van der Waals surface area contributed by atoms with Gasteiger partial charge in [-0.15, -0.1) is 0 Å². The van der Waals surface area contributed by atoms with Crippen molar-refractivity contribution in [1.29, 1.82) is 0 Å². The molecule has 4 aromatic rings. The predicted octanol–water partition coefficient (Wildman–Crippen LogP) is 5.48. The van der Waals surface area contributed by atoms with Crippen LogP contribution in [-0.4, -0.2) is 33.3 Å². The maximum Gasteiger partial charge on any atom is 0.237 e. The first-order valence-electron chi connectivity index (χ1n) is 9.05. The first-order chi connectivity index (χ1) is 14.5. The lowest BCUT2D eigenvalue weighted by molar-refractivity contribution is -0.114. The highest BCUT2D eigenvalue weighted by Crippen LogP contribution is 2.29. The fourth-order valence-corrected chi connectivity index (χ4v) is 6.30. The third-order valence-corrected chi connectivity index (χ3v) is 8.05. The van der Waals surface area contributed by atoms with Crippen molar-refractivity contribution in [2.24, 2.45) is 0 Å². The van der Waals surface area contributed by atoms with E-state index in [1.807, 2.05) is 38.1 Å². The van der Waals surface area contributed by atoms with Crippen LogP contribution in [0.25, 0.3) is 20.4 Å². The Morgan fingerprint density at radius 1 is 0.800 bits per heavy atom. The topological polar surface area (TPSA) is 84.0 Å². The Labute approximate surface area is 189 Å². The molecule has 0 aliphatic rings. The van der Waals surface area contributed by atoms with E-state index < -0.39 is 0 Å². The Balaban J connectivity index is 1.20. The Morgan fingerprint density at radius 3 is 1.67 bits per heavy atom. The Bertz CT molecular complexity index is 1140. The van der Waals surface area contributed by atoms with Crippen LogP contribution in [0.15, 0.2) is 36.4 Å². The highest BCUT2D eigenvalue weighted by Gasteiger charge is 2.11. The van der Waals surface area contributed by atoms with Crippen molar-refractivity contribution < 1.29 is 9.59 Å². The lowest BCUT2D eigenvalue weighted by Gasteiger charge is -2.02. The summed E-state index contributed by atoms with van der Waals surface area (Å²) in [6, 6.07) is 12.0. The van der Waals surface area contributed by atoms with Crippen molar-refractivity contribution in [3.8, 4) is 0 Å². The Kier molecular flexibility index (Phi) is 6.57. The van der Waals surface area contributed by atoms with Gasteiger partial charge in [0.2, 0.25) is 11.8 Å². The number of carbonyl (C=O) groups excluding carboxylic acids is 2. The molecule has 2 amide bonds. The largest absolute Gasteiger partial charge is 0.301 e. The van der Waals surface area contributed by atoms with Gasteiger partial charge in [0.05, 0.1) is 31.9 Å². The SMILES string of the molecule is Cc1ccc2nc(NC(=O)CSSCC(=O)Nc3nc4ccc(C)cc4s3)sc2c1. The normalized spacial score (nSPS) is 11.1. The quantitative estimate of drug-likeness (QED) is 0.272. The van der Waals surface area contributed by atoms with E-state index in [1.54, 1.807) is 0 Å². The van der Waals surface area contributed by atoms with Crippen LogP contribution < -0.4 is 10.6 Å². The van der Waals surface area contributed by atoms with E-state index in [1.165, 1.54) is 44.3 Å². The molecule has 0 aliphatic carbocycles. The number of nitrogens with zero attached hydrogens (tertiary/aromatic N) is 2. The molecule has 2 heterocycles. The summed E-state index contributed by atoms with van der Waals surface area (Å²) in [5.41, 5.74) is 4.08. The third kappa shape index (κ3) is 5.31. The predicted molar refractivity (Wildman–Crippen MR) is 131 cm³/mol. The summed E-state index contributed by atoms with van der Waals surface area (Å²) in [6.45, 7) is 4.05. The number of amides is 2. The minimum absolute atomic E-state index is 0.134. The number of aromatic nitrogens is 2. The average molecular weight is 475 g/mol. The van der Waals surface area contributed by atoms with Gasteiger partial charge in [-0.25, -0.2) is 9.97 Å². The summed E-state index contributed by atoms with van der Waals surface area (Å²) in [5, 5.41) is 6.83. The number of fused-ring (bicyclic) bond motifs is 2. The van der Waals surface area contributed by atoms with Crippen LogP contribution in [0.4, 0.5) is 10.3 Å². The Hall–Kier alpha value is -2.14. The van der Waals surface area contributed by atoms with E-state index in [-0.39, 0.29) is 23.3 Å². The van der Waals surface area contributed by atoms with Gasteiger partial charge in [-0.2, -0.15) is 0 Å². The second kappa shape index (κ2) is 9.34. The van der Waals surface area contributed by atoms with Gasteiger partial charge in [0.25, 0.3) is 0 Å². The standard InChI is InChI=1S/C20H18N4O2S4/c1-11-3-5-13-15(7-11)29-19(21-13)23-17(25)9-27-28-10-18(26)24-20-22-14-6-4-12(2)8-16(14)30-20/h3-8H,9-10H2,1-2H3,(H,21,23,25)(H,22,24,26). The highest BCUT2D eigenvalue weighted by molar-refractivity contribution is 8.77. The van der Waals surface area contributed by atoms with Crippen LogP contribution in [0.1, 0.15) is 11.1 Å². The molecular formula is C20H18N4O2S4. The first-order valence-corrected chi connectivity index (χ1v) is 13.2. The number of nitrogens with one attached hydrogen (secondary N) is 2. The van der Waals surface area contributed by atoms with Crippen molar-refractivity contribution in [1.82, 2.24) is 9.97 Å². The molecule has 0 atom stereocenters. The third-order valence-electron chi connectivity index (χ3n) is 4.04. The van der Waals surface area contributed by atoms with Gasteiger partial charge in [-0.1, -0.05) is 56.4 Å². The molecular weight excluding hydrogens is 457 g/mol. The van der Waals surface area contributed by atoms with Crippen LogP contribution in [0, 0.1) is 13.8 Å². The lowest BCUT2D eigenvalue weighted by atomic mass is 10.2. The van der Waals surface area contributed by atoms with Gasteiger partial charge in [0.1, 0.15) is 0 Å². The number of carbonyl (C=O) groups is 2. The molecule has 0 fully saturated rings. The Morgan fingerprint density at radius 2 is 1.23 bits per heavy atom. The fourth-order valence-electron chi connectivity index (χ4n) is 2.67. The molecule has 2 aromatic heterocycles. The van der Waals surface area contributed by atoms with Crippen molar-refractivity contribution >= 4 is 86.8 Å². The molecule has 0 unspecified atom stereocenters. The van der Waals surface area contributed by atoms with Gasteiger partial charge in [0.15, 0.2) is 10.3 Å². The summed E-state index contributed by atoms with van der Waals surface area (Å²) in [7, 11) is 2.68. The zero-order valence-electron chi connectivity index (χ0n) is 16.2. The lowest BCUT2D eigenvalue weighted by Crippen LogP contribution is -2.15. The average Bonchev–Trinajstić information content (AvgIpc) is 3.27. The number of aryl methyl sites for hydroxylation is 2. The molecule has 6 nitrogen and oxygen atoms in total. The molecule has 2 N–H and O–H groups in total. The van der Waals surface area contributed by atoms with Crippen LogP contribution >= 0.6 is 44.3 Å². The summed E-state index contributed by atoms with van der Waals surface area (Å²) in [6.07, 6.45) is 0. The second-order valence-corrected chi connectivity index (χ2v) is 11.1. The smallest absolute Gasteiger partial charge is 0.237 e. The zero-order valence-corrected chi connectivity index (χ0v) is 19.5. The van der Waals surface area contributed by atoms with E-state index in [2.05, 4.69) is 32.7 Å². The molecule has 0 bridgehead atoms. The molecule has 0 spiro atoms. The number of thiazole rings is 2. The van der Waals surface area contributed by atoms with E-state index in [0.29, 0.717) is 10.3 Å². The van der Waals surface area contributed by atoms with Crippen molar-refractivity contribution in [3.63, 3.8) is 0 Å². The van der Waals surface area contributed by atoms with E-state index >= 15 is 0 Å². The van der Waals surface area contributed by atoms with Gasteiger partial charge >= 0.3 is 0 Å². The van der Waals surface area contributed by atoms with Crippen molar-refractivity contribution in [2.45, 2.75) is 13.8 Å². The van der Waals surface area contributed by atoms with E-state index in [9.17, 15) is 9.59 Å². The number of benzene rings is 2. The minimum Gasteiger partial charge on any atom is -0.301 e. The highest BCUT2D eigenvalue weighted by atomic mass is 33.1. The van der Waals surface area contributed by atoms with Crippen LogP contribution in [0.2, 0.25) is 0 Å². The molecule has 154 valence electrons. The monoisotopic (exact) mass is 474 g/mol. The van der Waals surface area contributed by atoms with Crippen molar-refractivity contribution in [3.05, 3.63) is 47.5 Å². The number of anilines is 2. The molecule has 4 rings (SSSR count). The van der Waals surface area contributed by atoms with E-state index in [4.69, 9.17) is 0 Å². The molecule has 0 aliphatic heterocycles. The molecule has 0 saturated heterocycles. The molecule has 10 heteroatoms. The maximum atomic E-state index is 12.1. The fraction of sp³-hybridized carbons (Fsp3) is 0.200. The zero-order chi connectivity index (χ0) is 21.1. The molecule has 2 aromatic carbocycles. The minimum atomic E-state index is -0.134. The van der Waals surface area contributed by atoms with Crippen LogP contribution in [0.3, 0.4) is 0 Å². The summed E-state index contributed by atoms with van der Waals surface area (Å²) in [5.74, 6) is 0.219. The summed E-state index contributed by atoms with van der Waals surface area (Å²) in [4.78, 5) is 33.1. The van der Waals surface area contributed by atoms with Gasteiger partial charge < -0.3 is 10.6 Å². The van der Waals surface area contributed by atoms with E-state index in [0.717, 1.165) is 31.6 Å².